The molecule has 1 aromatic heterocycles. The molecule has 2 amide bonds. The fraction of sp³-hybridized carbons (Fsp3) is 0.667. The number of hydrogen-bond donors (Lipinski definition) is 1. The molecule has 33 heavy (non-hydrogen) atoms. The summed E-state index contributed by atoms with van der Waals surface area (Å²) in [6.07, 6.45) is 5.94. The molecule has 0 radical (unpaired) electrons. The molecular weight excluding hydrogens is 428 g/mol. The number of rotatable bonds is 9. The highest BCUT2D eigenvalue weighted by atomic mass is 19.3. The first-order valence-corrected chi connectivity index (χ1v) is 11.8. The van der Waals surface area contributed by atoms with Crippen LogP contribution in [0.15, 0.2) is 24.5 Å². The van der Waals surface area contributed by atoms with Crippen LogP contribution in [0.1, 0.15) is 50.5 Å². The van der Waals surface area contributed by atoms with Crippen molar-refractivity contribution in [3.63, 3.8) is 0 Å². The molecule has 1 spiro atoms. The van der Waals surface area contributed by atoms with E-state index in [2.05, 4.69) is 15.2 Å². The summed E-state index contributed by atoms with van der Waals surface area (Å²) < 4.78 is 29.5. The van der Waals surface area contributed by atoms with Crippen LogP contribution < -0.4 is 5.32 Å². The summed E-state index contributed by atoms with van der Waals surface area (Å²) in [5, 5.41) is 11.3. The Bertz CT molecular complexity index is 884. The van der Waals surface area contributed by atoms with Gasteiger partial charge in [-0.3, -0.25) is 9.78 Å². The van der Waals surface area contributed by atoms with Crippen LogP contribution in [0.5, 0.6) is 0 Å². The molecule has 2 saturated heterocycles. The van der Waals surface area contributed by atoms with Crippen LogP contribution in [-0.2, 0) is 11.2 Å². The molecule has 1 N–H and O–H groups in total. The van der Waals surface area contributed by atoms with Gasteiger partial charge in [0.05, 0.1) is 12.1 Å². The van der Waals surface area contributed by atoms with Crippen LogP contribution in [-0.4, -0.2) is 70.8 Å². The Morgan fingerprint density at radius 3 is 2.64 bits per heavy atom. The predicted molar refractivity (Wildman–Crippen MR) is 118 cm³/mol. The van der Waals surface area contributed by atoms with Gasteiger partial charge in [-0.2, -0.15) is 5.26 Å². The molecule has 0 aromatic carbocycles. The highest BCUT2D eigenvalue weighted by molar-refractivity contribution is 5.89. The number of halogens is 2. The van der Waals surface area contributed by atoms with E-state index in [9.17, 15) is 18.4 Å². The molecule has 1 aliphatic carbocycles. The molecule has 3 aliphatic rings. The Morgan fingerprint density at radius 1 is 1.30 bits per heavy atom. The number of hydrogen-bond acceptors (Lipinski definition) is 5. The smallest absolute Gasteiger partial charge is 0.318 e. The maximum absolute atomic E-state index is 14.8. The summed E-state index contributed by atoms with van der Waals surface area (Å²) in [5.74, 6) is -3.74. The van der Waals surface area contributed by atoms with Gasteiger partial charge in [0.1, 0.15) is 0 Å². The number of ketones is 1. The molecule has 0 bridgehead atoms. The van der Waals surface area contributed by atoms with Crippen molar-refractivity contribution in [3.05, 3.63) is 30.1 Å². The number of urea groups is 1. The van der Waals surface area contributed by atoms with Crippen molar-refractivity contribution in [3.8, 4) is 6.07 Å². The minimum Gasteiger partial charge on any atom is -0.328 e. The molecule has 1 aromatic rings. The van der Waals surface area contributed by atoms with Crippen LogP contribution in [0.3, 0.4) is 0 Å². The van der Waals surface area contributed by atoms with Gasteiger partial charge < -0.3 is 15.1 Å². The number of nitrogens with one attached hydrogen (secondary N) is 1. The molecule has 178 valence electrons. The van der Waals surface area contributed by atoms with Gasteiger partial charge in [-0.25, -0.2) is 13.6 Å². The van der Waals surface area contributed by atoms with Gasteiger partial charge >= 0.3 is 6.03 Å². The number of carbonyl (C=O) groups is 2. The number of nitrogens with zero attached hydrogens (tertiary/aromatic N) is 4. The van der Waals surface area contributed by atoms with E-state index < -0.39 is 36.6 Å². The second-order valence-corrected chi connectivity index (χ2v) is 9.85. The average molecular weight is 460 g/mol. The first kappa shape index (κ1) is 23.6. The van der Waals surface area contributed by atoms with Crippen molar-refractivity contribution in [2.75, 3.05) is 26.2 Å². The number of piperidine rings is 1. The van der Waals surface area contributed by atoms with E-state index >= 15 is 0 Å². The molecule has 7 nitrogen and oxygen atoms in total. The van der Waals surface area contributed by atoms with Crippen molar-refractivity contribution in [2.24, 2.45) is 5.41 Å². The van der Waals surface area contributed by atoms with E-state index in [0.717, 1.165) is 32.0 Å². The van der Waals surface area contributed by atoms with Crippen LogP contribution >= 0.6 is 0 Å². The maximum atomic E-state index is 14.8. The third-order valence-corrected chi connectivity index (χ3v) is 7.12. The molecule has 3 fully saturated rings. The second kappa shape index (κ2) is 9.72. The quantitative estimate of drug-likeness (QED) is 0.613. The fourth-order valence-electron chi connectivity index (χ4n) is 5.04. The Kier molecular flexibility index (Phi) is 6.94. The summed E-state index contributed by atoms with van der Waals surface area (Å²) in [7, 11) is 0. The van der Waals surface area contributed by atoms with Crippen LogP contribution in [0, 0.1) is 16.7 Å². The van der Waals surface area contributed by atoms with Crippen molar-refractivity contribution in [1.82, 2.24) is 20.1 Å². The Morgan fingerprint density at radius 2 is 2.03 bits per heavy atom. The number of nitriles is 1. The van der Waals surface area contributed by atoms with Crippen LogP contribution in [0.2, 0.25) is 0 Å². The lowest BCUT2D eigenvalue weighted by Crippen LogP contribution is -2.65. The van der Waals surface area contributed by atoms with E-state index in [1.165, 1.54) is 25.2 Å². The number of alkyl halides is 2. The number of carbonyl (C=O) groups excluding carboxylic acids is 2. The largest absolute Gasteiger partial charge is 0.328 e. The maximum Gasteiger partial charge on any atom is 0.318 e. The van der Waals surface area contributed by atoms with Gasteiger partial charge in [-0.1, -0.05) is 6.07 Å². The van der Waals surface area contributed by atoms with Crippen LogP contribution in [0.25, 0.3) is 0 Å². The highest BCUT2D eigenvalue weighted by Crippen LogP contribution is 2.42. The minimum atomic E-state index is -3.20. The lowest BCUT2D eigenvalue weighted by atomic mass is 9.72. The first-order chi connectivity index (χ1) is 15.8. The standard InChI is InChI=1S/C24H31F2N5O2/c25-24(26,13-18-3-2-10-28-15-18)14-20(21(32)4-1-9-27)29-22(33)31-16-23(17-31)7-11-30(12-8-23)19-5-6-19/h2-3,10,15,19-20H,1,4-8,11-14,16-17H2,(H,29,33)/t20-/m0/s1. The lowest BCUT2D eigenvalue weighted by molar-refractivity contribution is -0.123. The summed E-state index contributed by atoms with van der Waals surface area (Å²) in [6.45, 7) is 3.30. The second-order valence-electron chi connectivity index (χ2n) is 9.85. The Balaban J connectivity index is 1.32. The summed E-state index contributed by atoms with van der Waals surface area (Å²) in [5.41, 5.74) is 0.479. The van der Waals surface area contributed by atoms with Crippen molar-refractivity contribution in [2.45, 2.75) is 69.4 Å². The molecule has 4 rings (SSSR count). The first-order valence-electron chi connectivity index (χ1n) is 11.8. The number of Topliss-reactive ketones (excluding diaryl/α,β-unsaturated/α-hetero) is 1. The Hall–Kier alpha value is -2.60. The van der Waals surface area contributed by atoms with Gasteiger partial charge in [0.25, 0.3) is 5.92 Å². The van der Waals surface area contributed by atoms with Crippen molar-refractivity contribution in [1.29, 1.82) is 5.26 Å². The Labute approximate surface area is 193 Å². The zero-order valence-corrected chi connectivity index (χ0v) is 18.8. The lowest BCUT2D eigenvalue weighted by Gasteiger charge is -2.54. The third kappa shape index (κ3) is 6.05. The molecule has 9 heteroatoms. The normalized spacial score (nSPS) is 21.2. The summed E-state index contributed by atoms with van der Waals surface area (Å²) >= 11 is 0. The number of likely N-dealkylation sites (tertiary alicyclic amines) is 2. The van der Waals surface area contributed by atoms with E-state index in [1.807, 2.05) is 6.07 Å². The van der Waals surface area contributed by atoms with Crippen LogP contribution in [0.4, 0.5) is 13.6 Å². The monoisotopic (exact) mass is 459 g/mol. The number of amides is 2. The molecule has 0 unspecified atom stereocenters. The average Bonchev–Trinajstić information content (AvgIpc) is 3.61. The van der Waals surface area contributed by atoms with E-state index in [1.54, 1.807) is 17.0 Å². The van der Waals surface area contributed by atoms with E-state index in [4.69, 9.17) is 5.26 Å². The predicted octanol–water partition coefficient (Wildman–Crippen LogP) is 3.16. The highest BCUT2D eigenvalue weighted by Gasteiger charge is 2.48. The summed E-state index contributed by atoms with van der Waals surface area (Å²) in [6, 6.07) is 3.95. The topological polar surface area (TPSA) is 89.3 Å². The van der Waals surface area contributed by atoms with Crippen molar-refractivity contribution < 1.29 is 18.4 Å². The SMILES string of the molecule is N#CCCC(=O)[C@H](CC(F)(F)Cc1cccnc1)NC(=O)N1CC2(CCN(C3CC3)CC2)C1. The number of pyridine rings is 1. The third-order valence-electron chi connectivity index (χ3n) is 7.12. The van der Waals surface area contributed by atoms with Gasteiger partial charge in [0.15, 0.2) is 5.78 Å². The van der Waals surface area contributed by atoms with Gasteiger partial charge in [-0.05, 0) is 50.4 Å². The summed E-state index contributed by atoms with van der Waals surface area (Å²) in [4.78, 5) is 33.4. The fourth-order valence-corrected chi connectivity index (χ4v) is 5.04. The van der Waals surface area contributed by atoms with E-state index in [-0.39, 0.29) is 18.3 Å². The molecule has 3 heterocycles. The van der Waals surface area contributed by atoms with Gasteiger partial charge in [-0.15, -0.1) is 0 Å². The van der Waals surface area contributed by atoms with Crippen molar-refractivity contribution >= 4 is 11.8 Å². The zero-order valence-electron chi connectivity index (χ0n) is 18.8. The zero-order chi connectivity index (χ0) is 23.5. The minimum absolute atomic E-state index is 0.0658. The van der Waals surface area contributed by atoms with Gasteiger partial charge in [0.2, 0.25) is 0 Å². The molecule has 1 saturated carbocycles. The van der Waals surface area contributed by atoms with E-state index in [0.29, 0.717) is 18.7 Å². The number of aromatic nitrogens is 1. The molecule has 2 aliphatic heterocycles. The van der Waals surface area contributed by atoms with Gasteiger partial charge in [0, 0.05) is 62.6 Å². The molecule has 1 atom stereocenters. The molecular formula is C24H31F2N5O2.